The van der Waals surface area contributed by atoms with Crippen molar-refractivity contribution in [3.05, 3.63) is 52.6 Å². The van der Waals surface area contributed by atoms with Crippen LogP contribution in [0.25, 0.3) is 10.9 Å². The highest BCUT2D eigenvalue weighted by Crippen LogP contribution is 2.30. The average Bonchev–Trinajstić information content (AvgIpc) is 3.14. The SMILES string of the molecule is CC(=O)N[C@H]1CCN(c2nc(Nc3ccc([N+](=O)[O-])c(N)c3)nc3ccccc23)C1. The number of benzene rings is 2. The first-order chi connectivity index (χ1) is 14.4. The summed E-state index contributed by atoms with van der Waals surface area (Å²) < 4.78 is 0. The van der Waals surface area contributed by atoms with E-state index in [1.807, 2.05) is 24.3 Å². The Labute approximate surface area is 172 Å². The lowest BCUT2D eigenvalue weighted by Gasteiger charge is -2.20. The van der Waals surface area contributed by atoms with E-state index in [2.05, 4.69) is 20.5 Å². The molecule has 2 aromatic carbocycles. The summed E-state index contributed by atoms with van der Waals surface area (Å²) in [6.45, 7) is 2.93. The second kappa shape index (κ2) is 7.82. The number of nitrogens with one attached hydrogen (secondary N) is 2. The van der Waals surface area contributed by atoms with E-state index in [4.69, 9.17) is 10.7 Å². The van der Waals surface area contributed by atoms with E-state index in [-0.39, 0.29) is 23.3 Å². The first-order valence-electron chi connectivity index (χ1n) is 9.50. The van der Waals surface area contributed by atoms with Gasteiger partial charge in [0.15, 0.2) is 0 Å². The van der Waals surface area contributed by atoms with Gasteiger partial charge in [-0.05, 0) is 30.7 Å². The van der Waals surface area contributed by atoms with E-state index in [0.717, 1.165) is 29.7 Å². The highest BCUT2D eigenvalue weighted by atomic mass is 16.6. The Kier molecular flexibility index (Phi) is 5.05. The summed E-state index contributed by atoms with van der Waals surface area (Å²) in [6, 6.07) is 12.2. The van der Waals surface area contributed by atoms with Crippen LogP contribution in [-0.4, -0.2) is 39.9 Å². The van der Waals surface area contributed by atoms with Crippen LogP contribution in [-0.2, 0) is 4.79 Å². The number of carbonyl (C=O) groups excluding carboxylic acids is 1. The minimum absolute atomic E-state index is 0.0486. The lowest BCUT2D eigenvalue weighted by Crippen LogP contribution is -2.35. The van der Waals surface area contributed by atoms with Crippen LogP contribution in [0.15, 0.2) is 42.5 Å². The van der Waals surface area contributed by atoms with E-state index < -0.39 is 4.92 Å². The third-order valence-electron chi connectivity index (χ3n) is 4.96. The molecule has 1 aliphatic heterocycles. The first kappa shape index (κ1) is 19.4. The lowest BCUT2D eigenvalue weighted by atomic mass is 10.2. The molecule has 10 heteroatoms. The van der Waals surface area contributed by atoms with Crippen molar-refractivity contribution < 1.29 is 9.72 Å². The van der Waals surface area contributed by atoms with Crippen LogP contribution >= 0.6 is 0 Å². The number of carbonyl (C=O) groups is 1. The number of amides is 1. The number of para-hydroxylation sites is 1. The minimum atomic E-state index is -0.525. The van der Waals surface area contributed by atoms with Gasteiger partial charge in [0.05, 0.1) is 10.4 Å². The van der Waals surface area contributed by atoms with Gasteiger partial charge >= 0.3 is 0 Å². The molecule has 1 amide bonds. The number of aromatic nitrogens is 2. The Hall–Kier alpha value is -3.95. The van der Waals surface area contributed by atoms with Crippen LogP contribution in [0.4, 0.5) is 28.8 Å². The van der Waals surface area contributed by atoms with Gasteiger partial charge in [-0.15, -0.1) is 0 Å². The third-order valence-corrected chi connectivity index (χ3v) is 4.96. The highest BCUT2D eigenvalue weighted by molar-refractivity contribution is 5.91. The molecule has 1 saturated heterocycles. The van der Waals surface area contributed by atoms with E-state index in [9.17, 15) is 14.9 Å². The highest BCUT2D eigenvalue weighted by Gasteiger charge is 2.26. The van der Waals surface area contributed by atoms with Gasteiger partial charge in [0, 0.05) is 43.2 Å². The van der Waals surface area contributed by atoms with Gasteiger partial charge in [0.25, 0.3) is 5.69 Å². The molecule has 0 saturated carbocycles. The molecule has 10 nitrogen and oxygen atoms in total. The largest absolute Gasteiger partial charge is 0.393 e. The molecule has 4 rings (SSSR count). The summed E-state index contributed by atoms with van der Waals surface area (Å²) in [6.07, 6.45) is 0.833. The smallest absolute Gasteiger partial charge is 0.292 e. The number of anilines is 4. The number of nitrogens with zero attached hydrogens (tertiary/aromatic N) is 4. The summed E-state index contributed by atoms with van der Waals surface area (Å²) in [5, 5.41) is 17.9. The van der Waals surface area contributed by atoms with Gasteiger partial charge < -0.3 is 21.3 Å². The van der Waals surface area contributed by atoms with Crippen molar-refractivity contribution in [2.75, 3.05) is 29.0 Å². The number of fused-ring (bicyclic) bond motifs is 1. The normalized spacial score (nSPS) is 15.9. The predicted molar refractivity (Wildman–Crippen MR) is 115 cm³/mol. The summed E-state index contributed by atoms with van der Waals surface area (Å²) in [4.78, 5) is 33.2. The summed E-state index contributed by atoms with van der Waals surface area (Å²) in [5.74, 6) is 1.08. The van der Waals surface area contributed by atoms with Gasteiger partial charge in [-0.1, -0.05) is 12.1 Å². The van der Waals surface area contributed by atoms with Crippen molar-refractivity contribution >= 4 is 45.6 Å². The third kappa shape index (κ3) is 3.93. The molecule has 30 heavy (non-hydrogen) atoms. The van der Waals surface area contributed by atoms with E-state index in [1.165, 1.54) is 19.1 Å². The van der Waals surface area contributed by atoms with Crippen LogP contribution in [0, 0.1) is 10.1 Å². The quantitative estimate of drug-likeness (QED) is 0.333. The van der Waals surface area contributed by atoms with Crippen LogP contribution < -0.4 is 21.3 Å². The van der Waals surface area contributed by atoms with Crippen LogP contribution in [0.1, 0.15) is 13.3 Å². The number of hydrogen-bond donors (Lipinski definition) is 3. The fourth-order valence-electron chi connectivity index (χ4n) is 3.64. The number of nitrogen functional groups attached to an aromatic ring is 1. The minimum Gasteiger partial charge on any atom is -0.393 e. The predicted octanol–water partition coefficient (Wildman–Crippen LogP) is 2.58. The van der Waals surface area contributed by atoms with Crippen LogP contribution in [0.2, 0.25) is 0 Å². The molecular formula is C20H21N7O3. The van der Waals surface area contributed by atoms with Crippen LogP contribution in [0.5, 0.6) is 0 Å². The second-order valence-corrected chi connectivity index (χ2v) is 7.18. The molecule has 0 aliphatic carbocycles. The lowest BCUT2D eigenvalue weighted by molar-refractivity contribution is -0.383. The van der Waals surface area contributed by atoms with Crippen molar-refractivity contribution in [2.45, 2.75) is 19.4 Å². The van der Waals surface area contributed by atoms with Crippen molar-refractivity contribution in [3.8, 4) is 0 Å². The Bertz CT molecular complexity index is 1130. The zero-order valence-electron chi connectivity index (χ0n) is 16.3. The molecule has 1 fully saturated rings. The molecule has 154 valence electrons. The van der Waals surface area contributed by atoms with Crippen molar-refractivity contribution in [2.24, 2.45) is 0 Å². The first-order valence-corrected chi connectivity index (χ1v) is 9.50. The molecule has 3 aromatic rings. The zero-order valence-corrected chi connectivity index (χ0v) is 16.3. The topological polar surface area (TPSA) is 139 Å². The van der Waals surface area contributed by atoms with E-state index in [1.54, 1.807) is 6.07 Å². The molecule has 1 aliphatic rings. The maximum absolute atomic E-state index is 11.4. The Morgan fingerprint density at radius 3 is 2.80 bits per heavy atom. The molecule has 0 radical (unpaired) electrons. The van der Waals surface area contributed by atoms with Gasteiger partial charge in [0.1, 0.15) is 11.5 Å². The van der Waals surface area contributed by atoms with Gasteiger partial charge in [-0.3, -0.25) is 14.9 Å². The fourth-order valence-corrected chi connectivity index (χ4v) is 3.64. The van der Waals surface area contributed by atoms with Crippen molar-refractivity contribution in [1.29, 1.82) is 0 Å². The number of nitrogens with two attached hydrogens (primary N) is 1. The maximum Gasteiger partial charge on any atom is 0.292 e. The molecule has 0 spiro atoms. The Morgan fingerprint density at radius 1 is 1.27 bits per heavy atom. The van der Waals surface area contributed by atoms with Gasteiger partial charge in [-0.2, -0.15) is 4.98 Å². The van der Waals surface area contributed by atoms with Gasteiger partial charge in [-0.25, -0.2) is 4.98 Å². The number of rotatable bonds is 5. The monoisotopic (exact) mass is 407 g/mol. The Morgan fingerprint density at radius 2 is 2.07 bits per heavy atom. The van der Waals surface area contributed by atoms with Gasteiger partial charge in [0.2, 0.25) is 11.9 Å². The standard InChI is InChI=1S/C20H21N7O3/c1-12(28)22-14-8-9-26(11-14)19-15-4-2-3-5-17(15)24-20(25-19)23-13-6-7-18(27(29)30)16(21)10-13/h2-7,10,14H,8-9,11,21H2,1H3,(H,22,28)(H,23,24,25)/t14-/m0/s1. The fraction of sp³-hybridized carbons (Fsp3) is 0.250. The molecule has 0 bridgehead atoms. The van der Waals surface area contributed by atoms with E-state index >= 15 is 0 Å². The zero-order chi connectivity index (χ0) is 21.3. The van der Waals surface area contributed by atoms with Crippen LogP contribution in [0.3, 0.4) is 0 Å². The second-order valence-electron chi connectivity index (χ2n) is 7.18. The summed E-state index contributed by atoms with van der Waals surface area (Å²) in [7, 11) is 0. The molecular weight excluding hydrogens is 386 g/mol. The molecule has 1 aromatic heterocycles. The summed E-state index contributed by atoms with van der Waals surface area (Å²) >= 11 is 0. The Balaban J connectivity index is 1.66. The summed E-state index contributed by atoms with van der Waals surface area (Å²) in [5.41, 5.74) is 7.01. The number of nitro groups is 1. The maximum atomic E-state index is 11.4. The van der Waals surface area contributed by atoms with Crippen molar-refractivity contribution in [3.63, 3.8) is 0 Å². The average molecular weight is 407 g/mol. The molecule has 2 heterocycles. The molecule has 4 N–H and O–H groups in total. The van der Waals surface area contributed by atoms with Crippen molar-refractivity contribution in [1.82, 2.24) is 15.3 Å². The number of nitro benzene ring substituents is 1. The molecule has 1 atom stereocenters. The van der Waals surface area contributed by atoms with E-state index in [0.29, 0.717) is 18.2 Å². The number of hydrogen-bond acceptors (Lipinski definition) is 8. The molecule has 0 unspecified atom stereocenters.